The molecule has 1 aromatic heterocycles. The number of ether oxygens (including phenoxy) is 1. The molecule has 0 spiro atoms. The van der Waals surface area contributed by atoms with Crippen LogP contribution in [0.4, 0.5) is 19.7 Å². The number of hydrogen-bond acceptors (Lipinski definition) is 6. The second-order valence-corrected chi connectivity index (χ2v) is 9.96. The van der Waals surface area contributed by atoms with Crippen molar-refractivity contribution in [3.05, 3.63) is 95.8 Å². The van der Waals surface area contributed by atoms with Crippen LogP contribution in [-0.2, 0) is 4.74 Å². The minimum absolute atomic E-state index is 0.0921. The van der Waals surface area contributed by atoms with Crippen molar-refractivity contribution < 1.29 is 28.6 Å². The van der Waals surface area contributed by atoms with E-state index in [1.54, 1.807) is 64.1 Å². The van der Waals surface area contributed by atoms with Crippen molar-refractivity contribution in [2.45, 2.75) is 33.2 Å². The van der Waals surface area contributed by atoms with Crippen molar-refractivity contribution in [3.8, 4) is 11.3 Å². The molecule has 0 radical (unpaired) electrons. The zero-order valence-corrected chi connectivity index (χ0v) is 22.3. The van der Waals surface area contributed by atoms with Crippen molar-refractivity contribution in [1.29, 1.82) is 0 Å². The van der Waals surface area contributed by atoms with Gasteiger partial charge in [-0.3, -0.25) is 0 Å². The summed E-state index contributed by atoms with van der Waals surface area (Å²) in [6.07, 6.45) is -3.30. The topological polar surface area (TPSA) is 99.6 Å². The third-order valence-corrected chi connectivity index (χ3v) is 6.68. The van der Waals surface area contributed by atoms with Crippen LogP contribution in [0.3, 0.4) is 0 Å². The highest BCUT2D eigenvalue weighted by molar-refractivity contribution is 6.15. The maximum Gasteiger partial charge on any atom is 0.461 e. The number of amides is 3. The van der Waals surface area contributed by atoms with Gasteiger partial charge in [0, 0.05) is 17.7 Å². The number of carbonyl (C=O) groups excluding carboxylic acids is 3. The molecule has 9 heteroatoms. The minimum Gasteiger partial charge on any atom is -0.526 e. The van der Waals surface area contributed by atoms with Crippen LogP contribution >= 0.6 is 0 Å². The van der Waals surface area contributed by atoms with Crippen molar-refractivity contribution >= 4 is 34.7 Å². The summed E-state index contributed by atoms with van der Waals surface area (Å²) in [6.45, 7) is 6.43. The first-order chi connectivity index (χ1) is 18.5. The number of imide groups is 1. The Labute approximate surface area is 225 Å². The molecular formula is C30H28FN3O5. The number of quaternary nitrogens is 1. The molecule has 0 aliphatic heterocycles. The molecule has 4 rings (SSSR count). The van der Waals surface area contributed by atoms with Gasteiger partial charge in [0.25, 0.3) is 0 Å². The molecule has 1 heterocycles. The molecule has 3 aromatic carbocycles. The van der Waals surface area contributed by atoms with Crippen LogP contribution in [0.1, 0.15) is 36.7 Å². The third-order valence-electron chi connectivity index (χ3n) is 6.68. The lowest BCUT2D eigenvalue weighted by Gasteiger charge is -2.49. The van der Waals surface area contributed by atoms with Crippen LogP contribution in [0.25, 0.3) is 22.2 Å². The minimum atomic E-state index is -1.96. The molecule has 0 aliphatic carbocycles. The summed E-state index contributed by atoms with van der Waals surface area (Å²) in [5, 5.41) is 12.8. The van der Waals surface area contributed by atoms with Crippen LogP contribution < -0.4 is 9.70 Å². The van der Waals surface area contributed by atoms with E-state index in [9.17, 15) is 14.7 Å². The molecule has 4 aromatic rings. The Balaban J connectivity index is 2.23. The Hall–Kier alpha value is -4.63. The van der Waals surface area contributed by atoms with Gasteiger partial charge in [-0.2, -0.15) is 0 Å². The fourth-order valence-electron chi connectivity index (χ4n) is 5.03. The second-order valence-electron chi connectivity index (χ2n) is 9.96. The van der Waals surface area contributed by atoms with Crippen LogP contribution in [0, 0.1) is 12.7 Å². The number of carboxylic acid groups (broad SMARTS) is 1. The fraction of sp³-hybridized carbons (Fsp3) is 0.200. The summed E-state index contributed by atoms with van der Waals surface area (Å²) in [4.78, 5) is 45.5. The van der Waals surface area contributed by atoms with Crippen molar-refractivity contribution in [2.75, 3.05) is 7.11 Å². The molecule has 3 amide bonds. The van der Waals surface area contributed by atoms with Gasteiger partial charge in [0.2, 0.25) is 6.09 Å². The summed E-state index contributed by atoms with van der Waals surface area (Å²) >= 11 is 0. The first-order valence-electron chi connectivity index (χ1n) is 12.2. The highest BCUT2D eigenvalue weighted by atomic mass is 19.1. The first-order valence-corrected chi connectivity index (χ1v) is 12.2. The Morgan fingerprint density at radius 1 is 0.923 bits per heavy atom. The molecule has 39 heavy (non-hydrogen) atoms. The van der Waals surface area contributed by atoms with Gasteiger partial charge in [-0.15, -0.1) is 4.59 Å². The highest BCUT2D eigenvalue weighted by Crippen LogP contribution is 2.41. The number of methoxy groups -OCH3 is 1. The number of aromatic nitrogens is 1. The van der Waals surface area contributed by atoms with Gasteiger partial charge in [-0.05, 0) is 45.4 Å². The zero-order valence-electron chi connectivity index (χ0n) is 22.3. The largest absolute Gasteiger partial charge is 0.526 e. The van der Waals surface area contributed by atoms with E-state index < -0.39 is 34.0 Å². The summed E-state index contributed by atoms with van der Waals surface area (Å²) in [6, 6.07) is 21.3. The molecule has 0 fully saturated rings. The summed E-state index contributed by atoms with van der Waals surface area (Å²) in [5.74, 6) is -1.60. The number of halogens is 1. The van der Waals surface area contributed by atoms with Crippen molar-refractivity contribution in [1.82, 2.24) is 14.6 Å². The molecule has 0 aliphatic rings. The van der Waals surface area contributed by atoms with Gasteiger partial charge < -0.3 is 14.6 Å². The number of fused-ring (bicyclic) bond motifs is 1. The van der Waals surface area contributed by atoms with Crippen LogP contribution in [0.15, 0.2) is 78.9 Å². The molecule has 0 bridgehead atoms. The van der Waals surface area contributed by atoms with Crippen LogP contribution in [0.5, 0.6) is 0 Å². The van der Waals surface area contributed by atoms with E-state index in [0.717, 1.165) is 7.11 Å². The molecule has 1 unspecified atom stereocenters. The Morgan fingerprint density at radius 3 is 2.05 bits per heavy atom. The van der Waals surface area contributed by atoms with E-state index in [1.807, 2.05) is 18.2 Å². The summed E-state index contributed by atoms with van der Waals surface area (Å²) in [5.41, 5.74) is 0.282. The van der Waals surface area contributed by atoms with Gasteiger partial charge in [0.15, 0.2) is 5.69 Å². The van der Waals surface area contributed by atoms with Gasteiger partial charge in [0.05, 0.1) is 29.3 Å². The molecule has 8 nitrogen and oxygen atoms in total. The molecule has 200 valence electrons. The first kappa shape index (κ1) is 27.4. The fourth-order valence-corrected chi connectivity index (χ4v) is 5.03. The van der Waals surface area contributed by atoms with Gasteiger partial charge >= 0.3 is 12.0 Å². The number of pyridine rings is 1. The Morgan fingerprint density at radius 2 is 1.51 bits per heavy atom. The van der Waals surface area contributed by atoms with Gasteiger partial charge in [0.1, 0.15) is 11.4 Å². The van der Waals surface area contributed by atoms with E-state index >= 15 is 9.18 Å². The average Bonchev–Trinajstić information content (AvgIpc) is 2.91. The number of carbonyl (C=O) groups is 3. The number of nitrogens with zero attached hydrogens (tertiary/aromatic N) is 3. The standard InChI is InChI=1S/C30H28FN3O5/c1-19-24(25-22(31)17-12-18-23(25)32-26(19)20-13-8-6-9-14-20)27(35)34(30(2,3)4,21-15-10-7-11-16-21)33(28(36)37)29(38)39-5/h6-18H,1-5H3. The third kappa shape index (κ3) is 4.40. The summed E-state index contributed by atoms with van der Waals surface area (Å²) in [7, 11) is 1.01. The van der Waals surface area contributed by atoms with E-state index in [2.05, 4.69) is 4.98 Å². The maximum absolute atomic E-state index is 15.6. The smallest absolute Gasteiger partial charge is 0.461 e. The second kappa shape index (κ2) is 10.3. The molecule has 0 N–H and O–H groups in total. The van der Waals surface area contributed by atoms with E-state index in [1.165, 1.54) is 24.3 Å². The van der Waals surface area contributed by atoms with E-state index in [4.69, 9.17) is 4.74 Å². The monoisotopic (exact) mass is 529 g/mol. The van der Waals surface area contributed by atoms with Crippen molar-refractivity contribution in [3.63, 3.8) is 0 Å². The highest BCUT2D eigenvalue weighted by Gasteiger charge is 2.59. The lowest BCUT2D eigenvalue weighted by molar-refractivity contribution is -0.275. The summed E-state index contributed by atoms with van der Waals surface area (Å²) < 4.78 is 19.2. The van der Waals surface area contributed by atoms with Gasteiger partial charge in [-0.25, -0.2) is 19.0 Å². The van der Waals surface area contributed by atoms with E-state index in [-0.39, 0.29) is 27.2 Å². The number of rotatable bonds is 3. The Bertz CT molecular complexity index is 1570. The molecule has 0 saturated heterocycles. The van der Waals surface area contributed by atoms with Crippen LogP contribution in [0.2, 0.25) is 0 Å². The lowest BCUT2D eigenvalue weighted by atomic mass is 9.93. The lowest BCUT2D eigenvalue weighted by Crippen LogP contribution is -2.77. The quantitative estimate of drug-likeness (QED) is 0.252. The van der Waals surface area contributed by atoms with Crippen molar-refractivity contribution in [2.24, 2.45) is 0 Å². The van der Waals surface area contributed by atoms with Gasteiger partial charge in [-0.1, -0.05) is 59.6 Å². The maximum atomic E-state index is 15.6. The zero-order chi connectivity index (χ0) is 28.5. The average molecular weight is 530 g/mol. The number of benzene rings is 3. The molecular weight excluding hydrogens is 501 g/mol. The predicted octanol–water partition coefficient (Wildman–Crippen LogP) is 5.62. The Kier molecular flexibility index (Phi) is 7.21. The molecule has 1 atom stereocenters. The normalized spacial score (nSPS) is 13.0. The van der Waals surface area contributed by atoms with E-state index in [0.29, 0.717) is 16.8 Å². The number of hydrogen-bond donors (Lipinski definition) is 0. The molecule has 0 saturated carbocycles. The number of para-hydroxylation sites is 1. The predicted molar refractivity (Wildman–Crippen MR) is 144 cm³/mol. The van der Waals surface area contributed by atoms with Crippen LogP contribution in [-0.4, -0.2) is 40.7 Å². The SMILES string of the molecule is COC(=O)N(C(=O)[O-])[N+](C(=O)c1c(C)c(-c2ccccc2)nc2cccc(F)c12)(c1ccccc1)C(C)(C)C.